The molecule has 23 heavy (non-hydrogen) atoms. The van der Waals surface area contributed by atoms with E-state index in [1.165, 1.54) is 12.1 Å². The number of rotatable bonds is 5. The van der Waals surface area contributed by atoms with Crippen LogP contribution in [-0.2, 0) is 0 Å². The van der Waals surface area contributed by atoms with E-state index < -0.39 is 11.8 Å². The Hall–Kier alpha value is -2.21. The van der Waals surface area contributed by atoms with E-state index in [9.17, 15) is 14.3 Å². The second-order valence-corrected chi connectivity index (χ2v) is 5.88. The molecule has 0 aliphatic carbocycles. The number of pyridine rings is 1. The van der Waals surface area contributed by atoms with Crippen molar-refractivity contribution in [3.05, 3.63) is 35.6 Å². The van der Waals surface area contributed by atoms with E-state index in [0.29, 0.717) is 17.1 Å². The first-order valence-corrected chi connectivity index (χ1v) is 7.88. The largest absolute Gasteiger partial charge is 0.478 e. The minimum atomic E-state index is -1.03. The average Bonchev–Trinajstić information content (AvgIpc) is 3.01. The van der Waals surface area contributed by atoms with Crippen molar-refractivity contribution in [1.29, 1.82) is 0 Å². The molecule has 0 saturated carbocycles. The number of fused-ring (bicyclic) bond motifs is 1. The summed E-state index contributed by atoms with van der Waals surface area (Å²) in [5, 5.41) is 13.3. The first-order chi connectivity index (χ1) is 11.1. The van der Waals surface area contributed by atoms with Crippen LogP contribution >= 0.6 is 0 Å². The van der Waals surface area contributed by atoms with Crippen LogP contribution in [0.2, 0.25) is 0 Å². The molecule has 1 aliphatic rings. The molecule has 1 fully saturated rings. The van der Waals surface area contributed by atoms with Crippen molar-refractivity contribution in [3.63, 3.8) is 0 Å². The van der Waals surface area contributed by atoms with E-state index in [1.807, 2.05) is 4.90 Å². The summed E-state index contributed by atoms with van der Waals surface area (Å²) in [6, 6.07) is 6.10. The van der Waals surface area contributed by atoms with Crippen molar-refractivity contribution < 1.29 is 14.3 Å². The van der Waals surface area contributed by atoms with Gasteiger partial charge in [0.1, 0.15) is 22.7 Å². The SMILES string of the molecule is CCNCC1CCN(c2nc3c(F)cccc3cc2C(=O)O)C1. The predicted molar refractivity (Wildman–Crippen MR) is 87.5 cm³/mol. The second kappa shape index (κ2) is 6.50. The van der Waals surface area contributed by atoms with Gasteiger partial charge in [-0.05, 0) is 37.6 Å². The number of hydrogen-bond donors (Lipinski definition) is 2. The molecule has 0 bridgehead atoms. The molecule has 2 heterocycles. The van der Waals surface area contributed by atoms with Crippen LogP contribution in [0.25, 0.3) is 10.9 Å². The number of aromatic nitrogens is 1. The number of aromatic carboxylic acids is 1. The predicted octanol–water partition coefficient (Wildman–Crippen LogP) is 2.51. The maximum absolute atomic E-state index is 14.0. The Kier molecular flexibility index (Phi) is 4.43. The lowest BCUT2D eigenvalue weighted by molar-refractivity contribution is 0.0697. The molecular formula is C17H20FN3O2. The van der Waals surface area contributed by atoms with Gasteiger partial charge in [-0.15, -0.1) is 0 Å². The van der Waals surface area contributed by atoms with Crippen molar-refractivity contribution >= 4 is 22.7 Å². The molecule has 2 N–H and O–H groups in total. The number of carboxylic acids is 1. The molecule has 1 aromatic heterocycles. The van der Waals surface area contributed by atoms with Gasteiger partial charge in [-0.2, -0.15) is 0 Å². The fraction of sp³-hybridized carbons (Fsp3) is 0.412. The Morgan fingerprint density at radius 2 is 2.35 bits per heavy atom. The van der Waals surface area contributed by atoms with E-state index in [-0.39, 0.29) is 11.1 Å². The van der Waals surface area contributed by atoms with Crippen LogP contribution in [0, 0.1) is 11.7 Å². The quantitative estimate of drug-likeness (QED) is 0.887. The van der Waals surface area contributed by atoms with Crippen LogP contribution in [0.4, 0.5) is 10.2 Å². The van der Waals surface area contributed by atoms with Gasteiger partial charge in [0.15, 0.2) is 0 Å². The highest BCUT2D eigenvalue weighted by atomic mass is 19.1. The lowest BCUT2D eigenvalue weighted by atomic mass is 10.1. The fourth-order valence-corrected chi connectivity index (χ4v) is 3.09. The van der Waals surface area contributed by atoms with Gasteiger partial charge in [0, 0.05) is 18.5 Å². The molecule has 6 heteroatoms. The van der Waals surface area contributed by atoms with Gasteiger partial charge in [-0.1, -0.05) is 19.1 Å². The van der Waals surface area contributed by atoms with E-state index in [4.69, 9.17) is 0 Å². The molecule has 1 unspecified atom stereocenters. The van der Waals surface area contributed by atoms with Crippen molar-refractivity contribution in [3.8, 4) is 0 Å². The molecule has 122 valence electrons. The molecule has 1 aliphatic heterocycles. The molecular weight excluding hydrogens is 297 g/mol. The molecule has 0 amide bonds. The van der Waals surface area contributed by atoms with Crippen LogP contribution < -0.4 is 10.2 Å². The number of nitrogens with zero attached hydrogens (tertiary/aromatic N) is 2. The number of nitrogens with one attached hydrogen (secondary N) is 1. The average molecular weight is 317 g/mol. The first kappa shape index (κ1) is 15.7. The van der Waals surface area contributed by atoms with E-state index >= 15 is 0 Å². The monoisotopic (exact) mass is 317 g/mol. The molecule has 2 aromatic rings. The van der Waals surface area contributed by atoms with Crippen LogP contribution in [0.1, 0.15) is 23.7 Å². The summed E-state index contributed by atoms with van der Waals surface area (Å²) in [6.45, 7) is 5.35. The summed E-state index contributed by atoms with van der Waals surface area (Å²) in [5.74, 6) is -0.637. The summed E-state index contributed by atoms with van der Waals surface area (Å²) < 4.78 is 14.0. The van der Waals surface area contributed by atoms with Crippen molar-refractivity contribution in [1.82, 2.24) is 10.3 Å². The third kappa shape index (κ3) is 3.12. The Bertz CT molecular complexity index is 735. The molecule has 1 aromatic carbocycles. The van der Waals surface area contributed by atoms with Gasteiger partial charge >= 0.3 is 5.97 Å². The fourth-order valence-electron chi connectivity index (χ4n) is 3.09. The first-order valence-electron chi connectivity index (χ1n) is 7.88. The number of carboxylic acid groups (broad SMARTS) is 1. The Morgan fingerprint density at radius 3 is 3.09 bits per heavy atom. The van der Waals surface area contributed by atoms with Gasteiger partial charge in [-0.3, -0.25) is 0 Å². The Morgan fingerprint density at radius 1 is 1.52 bits per heavy atom. The topological polar surface area (TPSA) is 65.5 Å². The Labute approximate surface area is 134 Å². The van der Waals surface area contributed by atoms with Crippen molar-refractivity contribution in [2.75, 3.05) is 31.1 Å². The third-order valence-electron chi connectivity index (χ3n) is 4.28. The number of halogens is 1. The maximum Gasteiger partial charge on any atom is 0.339 e. The van der Waals surface area contributed by atoms with Crippen LogP contribution in [0.5, 0.6) is 0 Å². The summed E-state index contributed by atoms with van der Waals surface area (Å²) >= 11 is 0. The minimum Gasteiger partial charge on any atom is -0.478 e. The van der Waals surface area contributed by atoms with Gasteiger partial charge in [0.05, 0.1) is 0 Å². The maximum atomic E-state index is 14.0. The van der Waals surface area contributed by atoms with Crippen LogP contribution in [0.3, 0.4) is 0 Å². The third-order valence-corrected chi connectivity index (χ3v) is 4.28. The van der Waals surface area contributed by atoms with E-state index in [1.54, 1.807) is 12.1 Å². The van der Waals surface area contributed by atoms with E-state index in [0.717, 1.165) is 32.6 Å². The number of carbonyl (C=O) groups is 1. The molecule has 0 radical (unpaired) electrons. The smallest absolute Gasteiger partial charge is 0.339 e. The van der Waals surface area contributed by atoms with Crippen molar-refractivity contribution in [2.24, 2.45) is 5.92 Å². The van der Waals surface area contributed by atoms with Crippen LogP contribution in [0.15, 0.2) is 24.3 Å². The normalized spacial score (nSPS) is 17.8. The highest BCUT2D eigenvalue weighted by Crippen LogP contribution is 2.29. The molecule has 1 saturated heterocycles. The standard InChI is InChI=1S/C17H20FN3O2/c1-2-19-9-11-6-7-21(10-11)16-13(17(22)23)8-12-4-3-5-14(18)15(12)20-16/h3-5,8,11,19H,2,6-7,9-10H2,1H3,(H,22,23). The number of benzene rings is 1. The van der Waals surface area contributed by atoms with Crippen molar-refractivity contribution in [2.45, 2.75) is 13.3 Å². The molecule has 5 nitrogen and oxygen atoms in total. The molecule has 0 spiro atoms. The van der Waals surface area contributed by atoms with E-state index in [2.05, 4.69) is 17.2 Å². The summed E-state index contributed by atoms with van der Waals surface area (Å²) in [5.41, 5.74) is 0.356. The molecule has 1 atom stereocenters. The molecule has 3 rings (SSSR count). The zero-order chi connectivity index (χ0) is 16.4. The van der Waals surface area contributed by atoms with Gasteiger partial charge in [0.25, 0.3) is 0 Å². The van der Waals surface area contributed by atoms with Gasteiger partial charge in [0.2, 0.25) is 0 Å². The lowest BCUT2D eigenvalue weighted by Crippen LogP contribution is -2.27. The number of para-hydroxylation sites is 1. The number of anilines is 1. The number of hydrogen-bond acceptors (Lipinski definition) is 4. The lowest BCUT2D eigenvalue weighted by Gasteiger charge is -2.20. The van der Waals surface area contributed by atoms with Gasteiger partial charge < -0.3 is 15.3 Å². The summed E-state index contributed by atoms with van der Waals surface area (Å²) in [6.07, 6.45) is 0.975. The Balaban J connectivity index is 1.97. The highest BCUT2D eigenvalue weighted by Gasteiger charge is 2.27. The summed E-state index contributed by atoms with van der Waals surface area (Å²) in [7, 11) is 0. The van der Waals surface area contributed by atoms with Gasteiger partial charge in [-0.25, -0.2) is 14.2 Å². The van der Waals surface area contributed by atoms with Crippen LogP contribution in [-0.4, -0.2) is 42.2 Å². The summed E-state index contributed by atoms with van der Waals surface area (Å²) in [4.78, 5) is 17.9. The second-order valence-electron chi connectivity index (χ2n) is 5.88. The zero-order valence-corrected chi connectivity index (χ0v) is 13.1. The highest BCUT2D eigenvalue weighted by molar-refractivity contribution is 5.98. The minimum absolute atomic E-state index is 0.132. The zero-order valence-electron chi connectivity index (χ0n) is 13.1.